The Kier molecular flexibility index (Phi) is 9.81. The van der Waals surface area contributed by atoms with Gasteiger partial charge in [0.15, 0.2) is 0 Å². The second kappa shape index (κ2) is 11.9. The highest BCUT2D eigenvalue weighted by Gasteiger charge is 2.24. The van der Waals surface area contributed by atoms with Crippen molar-refractivity contribution in [3.05, 3.63) is 42.0 Å². The number of nitrogens with zero attached hydrogens (tertiary/aromatic N) is 2. The first-order valence-corrected chi connectivity index (χ1v) is 7.89. The lowest BCUT2D eigenvalue weighted by Crippen LogP contribution is -2.48. The lowest BCUT2D eigenvalue weighted by molar-refractivity contribution is -0.126. The van der Waals surface area contributed by atoms with E-state index in [0.717, 1.165) is 10.5 Å². The molecule has 0 saturated carbocycles. The third-order valence-corrected chi connectivity index (χ3v) is 3.37. The first kappa shape index (κ1) is 20.5. The molecule has 0 atom stereocenters. The van der Waals surface area contributed by atoms with Gasteiger partial charge in [0.1, 0.15) is 6.29 Å². The summed E-state index contributed by atoms with van der Waals surface area (Å²) < 4.78 is 9.97. The van der Waals surface area contributed by atoms with Crippen LogP contribution in [0.2, 0.25) is 0 Å². The van der Waals surface area contributed by atoms with Crippen LogP contribution in [0.5, 0.6) is 0 Å². The molecule has 0 aromatic heterocycles. The number of carbonyl (C=O) groups excluding carboxylic acids is 3. The molecule has 0 saturated heterocycles. The van der Waals surface area contributed by atoms with E-state index in [1.54, 1.807) is 6.08 Å². The maximum absolute atomic E-state index is 12.6. The van der Waals surface area contributed by atoms with Crippen LogP contribution in [0.1, 0.15) is 5.56 Å². The summed E-state index contributed by atoms with van der Waals surface area (Å²) in [5, 5.41) is 0. The number of ether oxygens (including phenoxy) is 2. The Bertz CT molecular complexity index is 566. The topological polar surface area (TPSA) is 76.2 Å². The molecule has 7 heteroatoms. The molecule has 0 aliphatic heterocycles. The fraction of sp³-hybridized carbons (Fsp3) is 0.389. The molecular formula is C18H24N2O5. The van der Waals surface area contributed by atoms with Gasteiger partial charge in [0.2, 0.25) is 0 Å². The largest absolute Gasteiger partial charge is 0.383 e. The summed E-state index contributed by atoms with van der Waals surface area (Å²) in [6.45, 7) is 0.914. The van der Waals surface area contributed by atoms with Crippen molar-refractivity contribution in [3.63, 3.8) is 0 Å². The lowest BCUT2D eigenvalue weighted by atomic mass is 10.2. The van der Waals surface area contributed by atoms with Gasteiger partial charge in [-0.2, -0.15) is 0 Å². The molecule has 0 spiro atoms. The molecule has 25 heavy (non-hydrogen) atoms. The second-order valence-electron chi connectivity index (χ2n) is 5.11. The summed E-state index contributed by atoms with van der Waals surface area (Å²) >= 11 is 0. The molecule has 1 rings (SSSR count). The SMILES string of the molecule is COCCN(CCOC)C(=O)N(CC=O)C(=O)C=Cc1ccccc1. The van der Waals surface area contributed by atoms with Crippen LogP contribution >= 0.6 is 0 Å². The fourth-order valence-corrected chi connectivity index (χ4v) is 2.04. The minimum absolute atomic E-state index is 0.295. The van der Waals surface area contributed by atoms with Crippen molar-refractivity contribution < 1.29 is 23.9 Å². The van der Waals surface area contributed by atoms with Crippen LogP contribution in [-0.2, 0) is 19.1 Å². The normalized spacial score (nSPS) is 10.6. The van der Waals surface area contributed by atoms with Crippen LogP contribution < -0.4 is 0 Å². The van der Waals surface area contributed by atoms with Gasteiger partial charge in [-0.25, -0.2) is 4.79 Å². The second-order valence-corrected chi connectivity index (χ2v) is 5.11. The number of rotatable bonds is 10. The molecule has 3 amide bonds. The monoisotopic (exact) mass is 348 g/mol. The van der Waals surface area contributed by atoms with E-state index >= 15 is 0 Å². The number of hydrogen-bond acceptors (Lipinski definition) is 5. The van der Waals surface area contributed by atoms with Crippen molar-refractivity contribution in [1.82, 2.24) is 9.80 Å². The predicted octanol–water partition coefficient (Wildman–Crippen LogP) is 1.44. The zero-order valence-corrected chi connectivity index (χ0v) is 14.6. The molecular weight excluding hydrogens is 324 g/mol. The first-order valence-electron chi connectivity index (χ1n) is 7.89. The number of imide groups is 1. The molecule has 0 heterocycles. The summed E-state index contributed by atoms with van der Waals surface area (Å²) in [5.74, 6) is -0.555. The Labute approximate surface area is 147 Å². The van der Waals surface area contributed by atoms with E-state index in [4.69, 9.17) is 9.47 Å². The zero-order valence-electron chi connectivity index (χ0n) is 14.6. The lowest BCUT2D eigenvalue weighted by Gasteiger charge is -2.27. The number of benzene rings is 1. The molecule has 1 aromatic rings. The number of hydrogen-bond donors (Lipinski definition) is 0. The van der Waals surface area contributed by atoms with E-state index < -0.39 is 11.9 Å². The summed E-state index contributed by atoms with van der Waals surface area (Å²) in [4.78, 5) is 38.2. The molecule has 0 aliphatic carbocycles. The molecule has 0 bridgehead atoms. The summed E-state index contributed by atoms with van der Waals surface area (Å²) in [6, 6.07) is 8.66. The minimum atomic E-state index is -0.555. The maximum atomic E-state index is 12.6. The Hall–Kier alpha value is -2.51. The molecule has 0 aliphatic rings. The highest BCUT2D eigenvalue weighted by Crippen LogP contribution is 2.05. The quantitative estimate of drug-likeness (QED) is 0.472. The Morgan fingerprint density at radius 3 is 2.16 bits per heavy atom. The molecule has 0 radical (unpaired) electrons. The van der Waals surface area contributed by atoms with Gasteiger partial charge < -0.3 is 19.2 Å². The third kappa shape index (κ3) is 7.28. The van der Waals surface area contributed by atoms with Gasteiger partial charge >= 0.3 is 6.03 Å². The standard InChI is InChI=1S/C18H24N2O5/c1-24-14-11-19(12-15-25-2)18(23)20(10-13-21)17(22)9-8-16-6-4-3-5-7-16/h3-9,13H,10-12,14-15H2,1-2H3. The van der Waals surface area contributed by atoms with Crippen molar-refractivity contribution in [1.29, 1.82) is 0 Å². The van der Waals surface area contributed by atoms with Crippen molar-refractivity contribution in [2.24, 2.45) is 0 Å². The molecule has 7 nitrogen and oxygen atoms in total. The van der Waals surface area contributed by atoms with Gasteiger partial charge in [0.05, 0.1) is 19.8 Å². The van der Waals surface area contributed by atoms with Gasteiger partial charge in [-0.1, -0.05) is 30.3 Å². The average molecular weight is 348 g/mol. The van der Waals surface area contributed by atoms with Crippen LogP contribution in [0, 0.1) is 0 Å². The highest BCUT2D eigenvalue weighted by atomic mass is 16.5. The van der Waals surface area contributed by atoms with Crippen molar-refractivity contribution in [2.75, 3.05) is 47.1 Å². The van der Waals surface area contributed by atoms with Gasteiger partial charge in [-0.05, 0) is 11.6 Å². The van der Waals surface area contributed by atoms with Crippen LogP contribution in [0.15, 0.2) is 36.4 Å². The summed E-state index contributed by atoms with van der Waals surface area (Å²) in [6.07, 6.45) is 3.40. The van der Waals surface area contributed by atoms with Crippen molar-refractivity contribution in [3.8, 4) is 0 Å². The van der Waals surface area contributed by atoms with Crippen LogP contribution in [0.25, 0.3) is 6.08 Å². The first-order chi connectivity index (χ1) is 12.1. The molecule has 0 N–H and O–H groups in total. The van der Waals surface area contributed by atoms with E-state index in [-0.39, 0.29) is 6.54 Å². The number of carbonyl (C=O) groups is 3. The van der Waals surface area contributed by atoms with Crippen LogP contribution in [-0.4, -0.2) is 75.1 Å². The minimum Gasteiger partial charge on any atom is -0.383 e. The van der Waals surface area contributed by atoms with Crippen molar-refractivity contribution >= 4 is 24.3 Å². The maximum Gasteiger partial charge on any atom is 0.327 e. The number of methoxy groups -OCH3 is 2. The van der Waals surface area contributed by atoms with E-state index in [1.807, 2.05) is 30.3 Å². The van der Waals surface area contributed by atoms with Crippen LogP contribution in [0.3, 0.4) is 0 Å². The van der Waals surface area contributed by atoms with E-state index in [2.05, 4.69) is 0 Å². The third-order valence-electron chi connectivity index (χ3n) is 3.37. The van der Waals surface area contributed by atoms with E-state index in [0.29, 0.717) is 32.6 Å². The molecule has 0 fully saturated rings. The zero-order chi connectivity index (χ0) is 18.5. The van der Waals surface area contributed by atoms with Gasteiger partial charge in [-0.3, -0.25) is 9.69 Å². The fourth-order valence-electron chi connectivity index (χ4n) is 2.04. The van der Waals surface area contributed by atoms with Crippen LogP contribution in [0.4, 0.5) is 4.79 Å². The Morgan fingerprint density at radius 2 is 1.64 bits per heavy atom. The summed E-state index contributed by atoms with van der Waals surface area (Å²) in [5.41, 5.74) is 0.824. The van der Waals surface area contributed by atoms with E-state index in [1.165, 1.54) is 25.2 Å². The number of urea groups is 1. The predicted molar refractivity (Wildman–Crippen MR) is 94.0 cm³/mol. The van der Waals surface area contributed by atoms with E-state index in [9.17, 15) is 14.4 Å². The van der Waals surface area contributed by atoms with Gasteiger partial charge in [0, 0.05) is 33.4 Å². The molecule has 0 unspecified atom stereocenters. The Balaban J connectivity index is 2.86. The molecule has 1 aromatic carbocycles. The summed E-state index contributed by atoms with van der Waals surface area (Å²) in [7, 11) is 3.05. The smallest absolute Gasteiger partial charge is 0.327 e. The number of aldehydes is 1. The highest BCUT2D eigenvalue weighted by molar-refractivity contribution is 6.03. The van der Waals surface area contributed by atoms with Gasteiger partial charge in [-0.15, -0.1) is 0 Å². The van der Waals surface area contributed by atoms with Crippen molar-refractivity contribution in [2.45, 2.75) is 0 Å². The number of amides is 3. The molecule has 136 valence electrons. The Morgan fingerprint density at radius 1 is 1.04 bits per heavy atom. The average Bonchev–Trinajstić information content (AvgIpc) is 2.64. The van der Waals surface area contributed by atoms with Gasteiger partial charge in [0.25, 0.3) is 5.91 Å².